The quantitative estimate of drug-likeness (QED) is 0.844. The molecule has 1 amide bonds. The van der Waals surface area contributed by atoms with Gasteiger partial charge in [0, 0.05) is 13.7 Å². The van der Waals surface area contributed by atoms with E-state index in [4.69, 9.17) is 9.47 Å². The van der Waals surface area contributed by atoms with Crippen LogP contribution in [0.2, 0.25) is 0 Å². The second kappa shape index (κ2) is 6.54. The number of hydrogen-bond donors (Lipinski definition) is 2. The molecule has 104 valence electrons. The largest absolute Gasteiger partial charge is 0.496 e. The Morgan fingerprint density at radius 3 is 2.89 bits per heavy atom. The van der Waals surface area contributed by atoms with Crippen LogP contribution >= 0.6 is 0 Å². The lowest BCUT2D eigenvalue weighted by Crippen LogP contribution is -2.53. The summed E-state index contributed by atoms with van der Waals surface area (Å²) in [6, 6.07) is 7.25. The fourth-order valence-corrected chi connectivity index (χ4v) is 2.32. The molecule has 0 aromatic heterocycles. The van der Waals surface area contributed by atoms with E-state index in [9.17, 15) is 4.79 Å². The monoisotopic (exact) mass is 264 g/mol. The minimum atomic E-state index is -0.119. The number of rotatable bonds is 4. The van der Waals surface area contributed by atoms with Crippen molar-refractivity contribution in [3.63, 3.8) is 0 Å². The van der Waals surface area contributed by atoms with E-state index in [1.807, 2.05) is 12.1 Å². The van der Waals surface area contributed by atoms with Crippen LogP contribution in [0.5, 0.6) is 5.75 Å². The van der Waals surface area contributed by atoms with E-state index < -0.39 is 0 Å². The molecule has 1 aromatic rings. The van der Waals surface area contributed by atoms with E-state index in [0.717, 1.165) is 19.5 Å². The third kappa shape index (κ3) is 3.24. The average Bonchev–Trinajstić information content (AvgIpc) is 2.47. The standard InChI is InChI=1S/C14H20N2O3/c1-18-12-6-4-3-5-10(12)14(17)16-11-7-8-15-9-13(11)19-2/h3-6,11,13,15H,7-9H2,1-2H3,(H,16,17). The molecule has 19 heavy (non-hydrogen) atoms. The van der Waals surface area contributed by atoms with Crippen LogP contribution in [-0.4, -0.2) is 45.4 Å². The fourth-order valence-electron chi connectivity index (χ4n) is 2.32. The van der Waals surface area contributed by atoms with Crippen LogP contribution in [0.15, 0.2) is 24.3 Å². The second-order valence-electron chi connectivity index (χ2n) is 4.55. The van der Waals surface area contributed by atoms with Crippen LogP contribution in [0.25, 0.3) is 0 Å². The molecule has 1 aliphatic heterocycles. The van der Waals surface area contributed by atoms with Gasteiger partial charge < -0.3 is 20.1 Å². The molecule has 0 saturated carbocycles. The number of piperidine rings is 1. The first-order chi connectivity index (χ1) is 9.26. The zero-order chi connectivity index (χ0) is 13.7. The first-order valence-electron chi connectivity index (χ1n) is 6.43. The molecule has 1 heterocycles. The van der Waals surface area contributed by atoms with Gasteiger partial charge in [-0.05, 0) is 25.1 Å². The Labute approximate surface area is 113 Å². The van der Waals surface area contributed by atoms with E-state index >= 15 is 0 Å². The van der Waals surface area contributed by atoms with E-state index in [2.05, 4.69) is 10.6 Å². The highest BCUT2D eigenvalue weighted by Crippen LogP contribution is 2.18. The number of benzene rings is 1. The van der Waals surface area contributed by atoms with E-state index in [0.29, 0.717) is 11.3 Å². The number of amides is 1. The van der Waals surface area contributed by atoms with E-state index in [1.54, 1.807) is 26.4 Å². The van der Waals surface area contributed by atoms with Gasteiger partial charge in [-0.15, -0.1) is 0 Å². The van der Waals surface area contributed by atoms with Crippen molar-refractivity contribution in [3.05, 3.63) is 29.8 Å². The van der Waals surface area contributed by atoms with Gasteiger partial charge in [0.05, 0.1) is 24.8 Å². The van der Waals surface area contributed by atoms with Crippen molar-refractivity contribution in [3.8, 4) is 5.75 Å². The molecule has 0 aliphatic carbocycles. The molecule has 5 heteroatoms. The van der Waals surface area contributed by atoms with Gasteiger partial charge in [0.25, 0.3) is 5.91 Å². The number of hydrogen-bond acceptors (Lipinski definition) is 4. The van der Waals surface area contributed by atoms with Crippen molar-refractivity contribution in [1.82, 2.24) is 10.6 Å². The Kier molecular flexibility index (Phi) is 4.76. The molecule has 0 bridgehead atoms. The molecule has 1 aliphatic rings. The highest BCUT2D eigenvalue weighted by atomic mass is 16.5. The Morgan fingerprint density at radius 1 is 1.37 bits per heavy atom. The SMILES string of the molecule is COc1ccccc1C(=O)NC1CCNCC1OC. The molecule has 1 aromatic carbocycles. The zero-order valence-electron chi connectivity index (χ0n) is 11.3. The highest BCUT2D eigenvalue weighted by Gasteiger charge is 2.27. The van der Waals surface area contributed by atoms with Crippen LogP contribution in [0.4, 0.5) is 0 Å². The summed E-state index contributed by atoms with van der Waals surface area (Å²) in [6.45, 7) is 1.64. The lowest BCUT2D eigenvalue weighted by Gasteiger charge is -2.31. The van der Waals surface area contributed by atoms with Crippen LogP contribution in [0, 0.1) is 0 Å². The van der Waals surface area contributed by atoms with Gasteiger partial charge in [-0.1, -0.05) is 12.1 Å². The maximum absolute atomic E-state index is 12.3. The van der Waals surface area contributed by atoms with Crippen molar-refractivity contribution < 1.29 is 14.3 Å². The molecule has 1 fully saturated rings. The third-order valence-corrected chi connectivity index (χ3v) is 3.40. The van der Waals surface area contributed by atoms with Gasteiger partial charge in [-0.2, -0.15) is 0 Å². The minimum absolute atomic E-state index is 0.00686. The summed E-state index contributed by atoms with van der Waals surface area (Å²) in [7, 11) is 3.23. The first-order valence-corrected chi connectivity index (χ1v) is 6.43. The van der Waals surface area contributed by atoms with E-state index in [-0.39, 0.29) is 18.1 Å². The molecule has 2 atom stereocenters. The van der Waals surface area contributed by atoms with Crippen molar-refractivity contribution >= 4 is 5.91 Å². The third-order valence-electron chi connectivity index (χ3n) is 3.40. The van der Waals surface area contributed by atoms with Crippen LogP contribution in [0.3, 0.4) is 0 Å². The maximum atomic E-state index is 12.3. The second-order valence-corrected chi connectivity index (χ2v) is 4.55. The highest BCUT2D eigenvalue weighted by molar-refractivity contribution is 5.97. The normalized spacial score (nSPS) is 22.8. The summed E-state index contributed by atoms with van der Waals surface area (Å²) in [5.41, 5.74) is 0.554. The number of carbonyl (C=O) groups is 1. The van der Waals surface area contributed by atoms with Crippen molar-refractivity contribution in [2.75, 3.05) is 27.3 Å². The molecule has 2 N–H and O–H groups in total. The molecular formula is C14H20N2O3. The predicted octanol–water partition coefficient (Wildman–Crippen LogP) is 0.802. The van der Waals surface area contributed by atoms with Crippen molar-refractivity contribution in [2.45, 2.75) is 18.6 Å². The molecule has 2 rings (SSSR count). The predicted molar refractivity (Wildman–Crippen MR) is 72.5 cm³/mol. The molecule has 5 nitrogen and oxygen atoms in total. The van der Waals surface area contributed by atoms with Crippen LogP contribution in [0.1, 0.15) is 16.8 Å². The summed E-state index contributed by atoms with van der Waals surface area (Å²) in [5.74, 6) is 0.467. The van der Waals surface area contributed by atoms with Gasteiger partial charge in [0.2, 0.25) is 0 Å². The Hall–Kier alpha value is -1.59. The van der Waals surface area contributed by atoms with Crippen LogP contribution < -0.4 is 15.4 Å². The minimum Gasteiger partial charge on any atom is -0.496 e. The number of methoxy groups -OCH3 is 2. The maximum Gasteiger partial charge on any atom is 0.255 e. The summed E-state index contributed by atoms with van der Waals surface area (Å²) < 4.78 is 10.6. The topological polar surface area (TPSA) is 59.6 Å². The number of carbonyl (C=O) groups excluding carboxylic acids is 1. The Morgan fingerprint density at radius 2 is 2.16 bits per heavy atom. The van der Waals surface area contributed by atoms with Crippen molar-refractivity contribution in [1.29, 1.82) is 0 Å². The number of para-hydroxylation sites is 1. The molecular weight excluding hydrogens is 244 g/mol. The average molecular weight is 264 g/mol. The smallest absolute Gasteiger partial charge is 0.255 e. The fraction of sp³-hybridized carbons (Fsp3) is 0.500. The lowest BCUT2D eigenvalue weighted by atomic mass is 10.0. The first kappa shape index (κ1) is 13.8. The van der Waals surface area contributed by atoms with Gasteiger partial charge in [0.1, 0.15) is 5.75 Å². The molecule has 2 unspecified atom stereocenters. The summed E-state index contributed by atoms with van der Waals surface area (Å²) in [5, 5.41) is 6.28. The zero-order valence-corrected chi connectivity index (χ0v) is 11.3. The summed E-state index contributed by atoms with van der Waals surface area (Å²) in [6.07, 6.45) is 0.867. The van der Waals surface area contributed by atoms with Crippen LogP contribution in [-0.2, 0) is 4.74 Å². The van der Waals surface area contributed by atoms with Gasteiger partial charge in [0.15, 0.2) is 0 Å². The number of ether oxygens (including phenoxy) is 2. The summed E-state index contributed by atoms with van der Waals surface area (Å²) in [4.78, 5) is 12.3. The Balaban J connectivity index is 2.07. The van der Waals surface area contributed by atoms with Crippen molar-refractivity contribution in [2.24, 2.45) is 0 Å². The summed E-state index contributed by atoms with van der Waals surface area (Å²) >= 11 is 0. The van der Waals surface area contributed by atoms with Gasteiger partial charge in [-0.25, -0.2) is 0 Å². The molecule has 0 radical (unpaired) electrons. The molecule has 1 saturated heterocycles. The van der Waals surface area contributed by atoms with E-state index in [1.165, 1.54) is 0 Å². The lowest BCUT2D eigenvalue weighted by molar-refractivity contribution is 0.0476. The number of nitrogens with one attached hydrogen (secondary N) is 2. The Bertz CT molecular complexity index is 436. The van der Waals surface area contributed by atoms with Gasteiger partial charge >= 0.3 is 0 Å². The van der Waals surface area contributed by atoms with Gasteiger partial charge in [-0.3, -0.25) is 4.79 Å². The molecule has 0 spiro atoms.